The van der Waals surface area contributed by atoms with Crippen LogP contribution in [0.15, 0.2) is 59.8 Å². The first kappa shape index (κ1) is 40.2. The molecule has 0 bridgehead atoms. The van der Waals surface area contributed by atoms with Gasteiger partial charge in [0.15, 0.2) is 0 Å². The molecule has 2 atom stereocenters. The number of nitrogens with zero attached hydrogens (tertiary/aromatic N) is 8. The van der Waals surface area contributed by atoms with Crippen molar-refractivity contribution in [1.29, 1.82) is 5.26 Å². The minimum Gasteiger partial charge on any atom is -0.489 e. The van der Waals surface area contributed by atoms with Crippen molar-refractivity contribution in [2.45, 2.75) is 71.6 Å². The summed E-state index contributed by atoms with van der Waals surface area (Å²) in [6.45, 7) is 14.7. The molecule has 3 amide bonds. The zero-order chi connectivity index (χ0) is 41.6. The Labute approximate surface area is 347 Å². The van der Waals surface area contributed by atoms with E-state index in [1.54, 1.807) is 36.8 Å². The van der Waals surface area contributed by atoms with Gasteiger partial charge in [-0.25, -0.2) is 14.6 Å². The second-order valence-electron chi connectivity index (χ2n) is 17.4. The quantitative estimate of drug-likeness (QED) is 0.217. The molecular weight excluding hydrogens is 772 g/mol. The summed E-state index contributed by atoms with van der Waals surface area (Å²) < 4.78 is 7.56. The van der Waals surface area contributed by atoms with E-state index in [2.05, 4.69) is 74.2 Å². The van der Waals surface area contributed by atoms with Gasteiger partial charge < -0.3 is 19.9 Å². The summed E-state index contributed by atoms with van der Waals surface area (Å²) in [7, 11) is 0. The van der Waals surface area contributed by atoms with Crippen molar-refractivity contribution in [2.75, 3.05) is 55.6 Å². The van der Waals surface area contributed by atoms with Gasteiger partial charge in [0.25, 0.3) is 17.4 Å². The molecule has 1 aliphatic carbocycles. The van der Waals surface area contributed by atoms with Crippen LogP contribution < -0.4 is 30.7 Å². The molecule has 5 heterocycles. The second-order valence-corrected chi connectivity index (χ2v) is 17.8. The van der Waals surface area contributed by atoms with E-state index in [0.717, 1.165) is 69.7 Å². The number of piperidine rings is 1. The lowest BCUT2D eigenvalue weighted by Crippen LogP contribution is -2.74. The van der Waals surface area contributed by atoms with Crippen molar-refractivity contribution in [1.82, 2.24) is 35.3 Å². The standard InChI is InChI=1S/C43H49ClN10O5/c1-42(2)39(43(3,4)40(42)59-31-7-5-27(21-45)33(44)20-31)50-36(56)29-22-46-41(47-23-29)53-14-12-26(25-53)11-13-51-15-17-52(18-16-51)30-6-8-32-28(19-30)24-48-54(38(32)58)34-9-10-35(55)49-37(34)57/h5-8,19-20,22-24,26,34,39-40H,9-18,25H2,1-4H3,(H,50,56)(H,49,55,57). The lowest BCUT2D eigenvalue weighted by atomic mass is 9.49. The maximum absolute atomic E-state index is 13.4. The molecule has 2 unspecified atom stereocenters. The molecule has 0 radical (unpaired) electrons. The number of benzene rings is 2. The molecule has 3 aliphatic heterocycles. The van der Waals surface area contributed by atoms with Gasteiger partial charge in [0.1, 0.15) is 24.0 Å². The minimum atomic E-state index is -0.787. The van der Waals surface area contributed by atoms with E-state index in [-0.39, 0.29) is 53.2 Å². The maximum atomic E-state index is 13.4. The summed E-state index contributed by atoms with van der Waals surface area (Å²) in [5.41, 5.74) is 0.735. The molecule has 3 saturated heterocycles. The molecule has 0 spiro atoms. The van der Waals surface area contributed by atoms with Gasteiger partial charge in [0, 0.05) is 92.1 Å². The minimum absolute atomic E-state index is 0.171. The van der Waals surface area contributed by atoms with E-state index in [9.17, 15) is 24.4 Å². The molecule has 59 heavy (non-hydrogen) atoms. The number of hydrogen-bond donors (Lipinski definition) is 2. The lowest BCUT2D eigenvalue weighted by Gasteiger charge is -2.63. The fourth-order valence-corrected chi connectivity index (χ4v) is 9.96. The number of anilines is 2. The summed E-state index contributed by atoms with van der Waals surface area (Å²) in [5, 5.41) is 20.6. The van der Waals surface area contributed by atoms with Gasteiger partial charge in [0.05, 0.1) is 27.7 Å². The van der Waals surface area contributed by atoms with Crippen molar-refractivity contribution in [3.63, 3.8) is 0 Å². The summed E-state index contributed by atoms with van der Waals surface area (Å²) in [6, 6.07) is 11.9. The molecule has 4 fully saturated rings. The number of halogens is 1. The number of hydrogen-bond acceptors (Lipinski definition) is 12. The summed E-state index contributed by atoms with van der Waals surface area (Å²) in [4.78, 5) is 66.8. The maximum Gasteiger partial charge on any atom is 0.275 e. The Morgan fingerprint density at radius 1 is 0.966 bits per heavy atom. The molecular formula is C43H49ClN10O5. The highest BCUT2D eigenvalue weighted by Gasteiger charge is 2.64. The van der Waals surface area contributed by atoms with Gasteiger partial charge in [-0.2, -0.15) is 10.4 Å². The fraction of sp³-hybridized carbons (Fsp3) is 0.488. The van der Waals surface area contributed by atoms with Crippen LogP contribution in [0.2, 0.25) is 5.02 Å². The third kappa shape index (κ3) is 7.83. The molecule has 308 valence electrons. The fourth-order valence-electron chi connectivity index (χ4n) is 9.74. The van der Waals surface area contributed by atoms with Crippen LogP contribution in [0, 0.1) is 28.1 Å². The Bertz CT molecular complexity index is 2370. The Balaban J connectivity index is 0.790. The largest absolute Gasteiger partial charge is 0.489 e. The Morgan fingerprint density at radius 3 is 2.41 bits per heavy atom. The molecule has 4 aliphatic rings. The lowest BCUT2D eigenvalue weighted by molar-refractivity contribution is -0.164. The third-order valence-electron chi connectivity index (χ3n) is 12.8. The zero-order valence-electron chi connectivity index (χ0n) is 33.8. The number of aromatic nitrogens is 4. The molecule has 1 saturated carbocycles. The van der Waals surface area contributed by atoms with Crippen LogP contribution in [0.25, 0.3) is 10.8 Å². The van der Waals surface area contributed by atoms with E-state index in [4.69, 9.17) is 16.3 Å². The first-order valence-electron chi connectivity index (χ1n) is 20.3. The highest BCUT2D eigenvalue weighted by molar-refractivity contribution is 6.31. The smallest absolute Gasteiger partial charge is 0.275 e. The highest BCUT2D eigenvalue weighted by Crippen LogP contribution is 2.55. The molecule has 2 N–H and O–H groups in total. The number of carbonyl (C=O) groups excluding carboxylic acids is 3. The Hall–Kier alpha value is -5.59. The normalized spacial score (nSPS) is 24.0. The van der Waals surface area contributed by atoms with Crippen molar-refractivity contribution in [3.05, 3.63) is 81.5 Å². The van der Waals surface area contributed by atoms with Crippen LogP contribution in [-0.2, 0) is 9.59 Å². The second kappa shape index (κ2) is 15.9. The number of carbonyl (C=O) groups is 3. The number of amides is 3. The Kier molecular flexibility index (Phi) is 10.8. The first-order valence-corrected chi connectivity index (χ1v) is 20.7. The third-order valence-corrected chi connectivity index (χ3v) is 13.1. The topological polar surface area (TPSA) is 179 Å². The Morgan fingerprint density at radius 2 is 1.71 bits per heavy atom. The number of fused-ring (bicyclic) bond motifs is 1. The number of nitriles is 1. The number of rotatable bonds is 10. The zero-order valence-corrected chi connectivity index (χ0v) is 34.5. The number of ether oxygens (including phenoxy) is 1. The van der Waals surface area contributed by atoms with Gasteiger partial charge in [-0.3, -0.25) is 29.4 Å². The molecule has 2 aromatic carbocycles. The average Bonchev–Trinajstić information content (AvgIpc) is 3.71. The van der Waals surface area contributed by atoms with Crippen LogP contribution in [0.3, 0.4) is 0 Å². The van der Waals surface area contributed by atoms with Crippen molar-refractivity contribution in [2.24, 2.45) is 16.7 Å². The number of piperazine rings is 1. The van der Waals surface area contributed by atoms with Crippen LogP contribution >= 0.6 is 11.6 Å². The van der Waals surface area contributed by atoms with Gasteiger partial charge >= 0.3 is 0 Å². The summed E-state index contributed by atoms with van der Waals surface area (Å²) in [5.74, 6) is 0.694. The monoisotopic (exact) mass is 820 g/mol. The van der Waals surface area contributed by atoms with Gasteiger partial charge in [-0.1, -0.05) is 39.3 Å². The number of nitrogens with one attached hydrogen (secondary N) is 2. The predicted molar refractivity (Wildman–Crippen MR) is 222 cm³/mol. The van der Waals surface area contributed by atoms with E-state index >= 15 is 0 Å². The van der Waals surface area contributed by atoms with Crippen molar-refractivity contribution in [3.8, 4) is 11.8 Å². The van der Waals surface area contributed by atoms with Crippen LogP contribution in [0.5, 0.6) is 5.75 Å². The van der Waals surface area contributed by atoms with Crippen molar-refractivity contribution >= 4 is 51.7 Å². The van der Waals surface area contributed by atoms with E-state index < -0.39 is 11.9 Å². The van der Waals surface area contributed by atoms with Crippen LogP contribution in [-0.4, -0.2) is 100 Å². The van der Waals surface area contributed by atoms with Gasteiger partial charge in [0.2, 0.25) is 11.9 Å². The van der Waals surface area contributed by atoms with Gasteiger partial charge in [-0.05, 0) is 62.1 Å². The summed E-state index contributed by atoms with van der Waals surface area (Å²) >= 11 is 6.24. The van der Waals surface area contributed by atoms with Gasteiger partial charge in [-0.15, -0.1) is 0 Å². The van der Waals surface area contributed by atoms with E-state index in [0.29, 0.717) is 39.2 Å². The van der Waals surface area contributed by atoms with E-state index in [1.165, 1.54) is 4.68 Å². The molecule has 2 aromatic heterocycles. The summed E-state index contributed by atoms with van der Waals surface area (Å²) in [6.07, 6.45) is 7.22. The van der Waals surface area contributed by atoms with Crippen LogP contribution in [0.1, 0.15) is 75.3 Å². The molecule has 4 aromatic rings. The average molecular weight is 821 g/mol. The highest BCUT2D eigenvalue weighted by atomic mass is 35.5. The van der Waals surface area contributed by atoms with E-state index in [1.807, 2.05) is 18.2 Å². The molecule has 15 nitrogen and oxygen atoms in total. The number of imide groups is 1. The first-order chi connectivity index (χ1) is 28.2. The SMILES string of the molecule is CC1(C)C(NC(=O)c2cnc(N3CCC(CCN4CCN(c5ccc6c(=O)n(C7CCC(=O)NC7=O)ncc6c5)CC4)C3)nc2)C(C)(C)C1Oc1ccc(C#N)c(Cl)c1. The molecule has 8 rings (SSSR count). The predicted octanol–water partition coefficient (Wildman–Crippen LogP) is 4.34. The van der Waals surface area contributed by atoms with Crippen LogP contribution in [0.4, 0.5) is 11.6 Å². The molecule has 16 heteroatoms. The van der Waals surface area contributed by atoms with Crippen molar-refractivity contribution < 1.29 is 19.1 Å².